The van der Waals surface area contributed by atoms with Crippen LogP contribution in [0, 0.1) is 5.82 Å². The van der Waals surface area contributed by atoms with E-state index in [1.807, 2.05) is 17.9 Å². The molecule has 1 aromatic carbocycles. The molecular formula is C15H19BrFN3O. The molecule has 0 radical (unpaired) electrons. The quantitative estimate of drug-likeness (QED) is 0.906. The lowest BCUT2D eigenvalue weighted by Crippen LogP contribution is -2.50. The minimum Gasteiger partial charge on any atom is -0.376 e. The number of hydrogen-bond acceptors (Lipinski definition) is 4. The number of hydrogen-bond donors (Lipinski definition) is 1. The minimum atomic E-state index is -0.555. The van der Waals surface area contributed by atoms with Crippen LogP contribution in [-0.2, 0) is 10.3 Å². The van der Waals surface area contributed by atoms with Crippen molar-refractivity contribution in [2.24, 2.45) is 10.7 Å². The molecule has 4 nitrogen and oxygen atoms in total. The summed E-state index contributed by atoms with van der Waals surface area (Å²) in [6.07, 6.45) is 2.23. The van der Waals surface area contributed by atoms with Crippen LogP contribution in [0.25, 0.3) is 0 Å². The number of benzene rings is 1. The van der Waals surface area contributed by atoms with Crippen LogP contribution in [0.15, 0.2) is 27.7 Å². The molecule has 2 heterocycles. The van der Waals surface area contributed by atoms with Crippen LogP contribution >= 0.6 is 15.9 Å². The predicted octanol–water partition coefficient (Wildman–Crippen LogP) is 2.61. The fraction of sp³-hybridized carbons (Fsp3) is 0.533. The molecule has 0 bridgehead atoms. The predicted molar refractivity (Wildman–Crippen MR) is 83.6 cm³/mol. The molecule has 0 aliphatic carbocycles. The number of aliphatic imine (C=N–C) groups is 1. The van der Waals surface area contributed by atoms with Crippen molar-refractivity contribution in [2.45, 2.75) is 31.4 Å². The summed E-state index contributed by atoms with van der Waals surface area (Å²) in [5.41, 5.74) is 6.10. The fourth-order valence-electron chi connectivity index (χ4n) is 3.10. The summed E-state index contributed by atoms with van der Waals surface area (Å²) >= 11 is 3.29. The minimum absolute atomic E-state index is 0.148. The number of ether oxygens (including phenoxy) is 1. The number of rotatable bonds is 3. The van der Waals surface area contributed by atoms with E-state index in [0.29, 0.717) is 24.6 Å². The van der Waals surface area contributed by atoms with Gasteiger partial charge < -0.3 is 15.4 Å². The third-order valence-electron chi connectivity index (χ3n) is 4.34. The Morgan fingerprint density at radius 3 is 3.05 bits per heavy atom. The largest absolute Gasteiger partial charge is 0.376 e. The molecule has 21 heavy (non-hydrogen) atoms. The van der Waals surface area contributed by atoms with E-state index in [1.165, 1.54) is 6.07 Å². The summed E-state index contributed by atoms with van der Waals surface area (Å²) in [7, 11) is 0. The molecule has 0 aromatic heterocycles. The van der Waals surface area contributed by atoms with Crippen LogP contribution in [-0.4, -0.2) is 36.7 Å². The van der Waals surface area contributed by atoms with Crippen LogP contribution in [0.2, 0.25) is 0 Å². The van der Waals surface area contributed by atoms with Gasteiger partial charge in [-0.15, -0.1) is 0 Å². The molecule has 1 aromatic rings. The van der Waals surface area contributed by atoms with Gasteiger partial charge in [-0.05, 0) is 31.9 Å². The van der Waals surface area contributed by atoms with Crippen molar-refractivity contribution in [1.29, 1.82) is 0 Å². The third kappa shape index (κ3) is 2.66. The standard InChI is InChI=1S/C15H19BrFN3O/c1-15(12-5-4-10(16)7-13(12)17)9-19-14(18)20(15)8-11-3-2-6-21-11/h4-5,7,11H,2-3,6,8-9H2,1H3,(H2,18,19). The van der Waals surface area contributed by atoms with Gasteiger partial charge in [0.25, 0.3) is 0 Å². The Kier molecular flexibility index (Phi) is 3.92. The smallest absolute Gasteiger partial charge is 0.192 e. The first kappa shape index (κ1) is 14.8. The lowest BCUT2D eigenvalue weighted by Gasteiger charge is -2.38. The molecule has 3 rings (SSSR count). The number of nitrogens with zero attached hydrogens (tertiary/aromatic N) is 2. The SMILES string of the molecule is CC1(c2ccc(Br)cc2F)CN=C(N)N1CC1CCCO1. The van der Waals surface area contributed by atoms with Gasteiger partial charge in [-0.25, -0.2) is 4.39 Å². The molecule has 2 aliphatic rings. The van der Waals surface area contributed by atoms with E-state index in [9.17, 15) is 4.39 Å². The summed E-state index contributed by atoms with van der Waals surface area (Å²) in [6, 6.07) is 5.14. The van der Waals surface area contributed by atoms with Crippen LogP contribution in [0.3, 0.4) is 0 Å². The monoisotopic (exact) mass is 355 g/mol. The van der Waals surface area contributed by atoms with Crippen LogP contribution in [0.4, 0.5) is 4.39 Å². The molecule has 0 spiro atoms. The molecule has 1 saturated heterocycles. The molecule has 2 N–H and O–H groups in total. The lowest BCUT2D eigenvalue weighted by atomic mass is 9.90. The van der Waals surface area contributed by atoms with Gasteiger partial charge in [-0.2, -0.15) is 0 Å². The van der Waals surface area contributed by atoms with Gasteiger partial charge in [-0.1, -0.05) is 22.0 Å². The van der Waals surface area contributed by atoms with E-state index in [1.54, 1.807) is 6.07 Å². The van der Waals surface area contributed by atoms with Gasteiger partial charge in [0.2, 0.25) is 0 Å². The third-order valence-corrected chi connectivity index (χ3v) is 4.84. The van der Waals surface area contributed by atoms with Gasteiger partial charge in [0.15, 0.2) is 5.96 Å². The Labute approximate surface area is 132 Å². The van der Waals surface area contributed by atoms with Gasteiger partial charge in [0.05, 0.1) is 18.2 Å². The van der Waals surface area contributed by atoms with Crippen molar-refractivity contribution >= 4 is 21.9 Å². The Morgan fingerprint density at radius 2 is 2.38 bits per heavy atom. The summed E-state index contributed by atoms with van der Waals surface area (Å²) in [6.45, 7) is 3.89. The highest BCUT2D eigenvalue weighted by atomic mass is 79.9. The molecule has 2 aliphatic heterocycles. The first-order valence-electron chi connectivity index (χ1n) is 7.15. The molecular weight excluding hydrogens is 337 g/mol. The highest BCUT2D eigenvalue weighted by Crippen LogP contribution is 2.36. The second-order valence-electron chi connectivity index (χ2n) is 5.82. The zero-order chi connectivity index (χ0) is 15.0. The van der Waals surface area contributed by atoms with E-state index in [-0.39, 0.29) is 11.9 Å². The number of halogens is 2. The van der Waals surface area contributed by atoms with Crippen LogP contribution in [0.1, 0.15) is 25.3 Å². The van der Waals surface area contributed by atoms with Gasteiger partial charge in [0, 0.05) is 23.2 Å². The lowest BCUT2D eigenvalue weighted by molar-refractivity contribution is 0.0682. The Morgan fingerprint density at radius 1 is 1.57 bits per heavy atom. The molecule has 6 heteroatoms. The van der Waals surface area contributed by atoms with E-state index in [2.05, 4.69) is 20.9 Å². The van der Waals surface area contributed by atoms with Crippen molar-refractivity contribution in [2.75, 3.05) is 19.7 Å². The maximum atomic E-state index is 14.4. The molecule has 114 valence electrons. The van der Waals surface area contributed by atoms with Crippen molar-refractivity contribution in [3.63, 3.8) is 0 Å². The summed E-state index contributed by atoms with van der Waals surface area (Å²) in [5.74, 6) is 0.226. The Bertz CT molecular complexity index is 574. The van der Waals surface area contributed by atoms with E-state index >= 15 is 0 Å². The summed E-state index contributed by atoms with van der Waals surface area (Å²) in [4.78, 5) is 6.32. The van der Waals surface area contributed by atoms with Gasteiger partial charge in [-0.3, -0.25) is 4.99 Å². The maximum Gasteiger partial charge on any atom is 0.192 e. The van der Waals surface area contributed by atoms with Crippen LogP contribution < -0.4 is 5.73 Å². The molecule has 2 atom stereocenters. The van der Waals surface area contributed by atoms with Crippen molar-refractivity contribution in [1.82, 2.24) is 4.90 Å². The molecule has 1 fully saturated rings. The topological polar surface area (TPSA) is 50.8 Å². The molecule has 2 unspecified atom stereocenters. The average molecular weight is 356 g/mol. The summed E-state index contributed by atoms with van der Waals surface area (Å²) < 4.78 is 20.8. The van der Waals surface area contributed by atoms with E-state index in [0.717, 1.165) is 23.9 Å². The normalized spacial score (nSPS) is 29.0. The van der Waals surface area contributed by atoms with Crippen molar-refractivity contribution in [3.8, 4) is 0 Å². The zero-order valence-corrected chi connectivity index (χ0v) is 13.6. The Balaban J connectivity index is 1.90. The first-order chi connectivity index (χ1) is 10.0. The number of guanidine groups is 1. The van der Waals surface area contributed by atoms with E-state index < -0.39 is 5.54 Å². The second-order valence-corrected chi connectivity index (χ2v) is 6.73. The highest BCUT2D eigenvalue weighted by Gasteiger charge is 2.42. The van der Waals surface area contributed by atoms with Crippen LogP contribution in [0.5, 0.6) is 0 Å². The fourth-order valence-corrected chi connectivity index (χ4v) is 3.44. The average Bonchev–Trinajstić information content (AvgIpc) is 3.03. The van der Waals surface area contributed by atoms with Gasteiger partial charge in [0.1, 0.15) is 5.82 Å². The number of nitrogens with two attached hydrogens (primary N) is 1. The van der Waals surface area contributed by atoms with E-state index in [4.69, 9.17) is 10.5 Å². The highest BCUT2D eigenvalue weighted by molar-refractivity contribution is 9.10. The Hall–Kier alpha value is -1.14. The zero-order valence-electron chi connectivity index (χ0n) is 12.0. The van der Waals surface area contributed by atoms with Crippen molar-refractivity contribution in [3.05, 3.63) is 34.1 Å². The van der Waals surface area contributed by atoms with Crippen molar-refractivity contribution < 1.29 is 9.13 Å². The first-order valence-corrected chi connectivity index (χ1v) is 7.95. The molecule has 0 saturated carbocycles. The maximum absolute atomic E-state index is 14.4. The van der Waals surface area contributed by atoms with Gasteiger partial charge >= 0.3 is 0 Å². The summed E-state index contributed by atoms with van der Waals surface area (Å²) in [5, 5.41) is 0. The second kappa shape index (κ2) is 5.57. The molecule has 0 amide bonds.